The molecule has 0 aromatic heterocycles. The Hall–Kier alpha value is -0.860. The highest BCUT2D eigenvalue weighted by Crippen LogP contribution is 2.30. The maximum absolute atomic E-state index is 11.7. The molecule has 1 amide bonds. The standard InChI is InChI=1S/C16H24INO4/c1-4-5-10-14(22-16(19)18-2)15(21-11-20-3)12-8-6-7-9-13(12)17/h6-9,14-15H,4-5,10-11H2,1-3H3,(H,18,19)/t14-,15-/m0/s1. The first-order chi connectivity index (χ1) is 10.6. The van der Waals surface area contributed by atoms with E-state index in [0.29, 0.717) is 0 Å². The quantitative estimate of drug-likeness (QED) is 0.486. The van der Waals surface area contributed by atoms with Crippen molar-refractivity contribution in [2.45, 2.75) is 38.4 Å². The SMILES string of the molecule is CCCC[C@H](OC(=O)NC)[C@@H](OCOC)c1ccccc1I. The predicted octanol–water partition coefficient (Wildman–Crippen LogP) is 3.87. The summed E-state index contributed by atoms with van der Waals surface area (Å²) in [4.78, 5) is 11.7. The van der Waals surface area contributed by atoms with Crippen molar-refractivity contribution in [1.82, 2.24) is 5.32 Å². The Bertz CT molecular complexity index is 456. The minimum atomic E-state index is -0.446. The second-order valence-electron chi connectivity index (χ2n) is 4.85. The molecule has 1 N–H and O–H groups in total. The molecule has 1 aromatic rings. The number of carbonyl (C=O) groups is 1. The number of hydrogen-bond donors (Lipinski definition) is 1. The lowest BCUT2D eigenvalue weighted by Gasteiger charge is -2.28. The highest BCUT2D eigenvalue weighted by atomic mass is 127. The van der Waals surface area contributed by atoms with E-state index in [9.17, 15) is 4.79 Å². The summed E-state index contributed by atoms with van der Waals surface area (Å²) in [6.45, 7) is 2.25. The summed E-state index contributed by atoms with van der Waals surface area (Å²) in [5.74, 6) is 0. The van der Waals surface area contributed by atoms with Gasteiger partial charge in [-0.15, -0.1) is 0 Å². The molecule has 5 nitrogen and oxygen atoms in total. The third-order valence-corrected chi connectivity index (χ3v) is 4.20. The molecule has 1 aromatic carbocycles. The van der Waals surface area contributed by atoms with Gasteiger partial charge in [0.2, 0.25) is 0 Å². The van der Waals surface area contributed by atoms with Crippen LogP contribution in [0.3, 0.4) is 0 Å². The van der Waals surface area contributed by atoms with Gasteiger partial charge in [-0.05, 0) is 47.1 Å². The molecule has 0 bridgehead atoms. The van der Waals surface area contributed by atoms with E-state index in [1.54, 1.807) is 14.2 Å². The number of nitrogens with one attached hydrogen (secondary N) is 1. The number of hydrogen-bond acceptors (Lipinski definition) is 4. The minimum absolute atomic E-state index is 0.148. The molecule has 1 rings (SSSR count). The molecule has 0 fully saturated rings. The van der Waals surface area contributed by atoms with Crippen molar-refractivity contribution >= 4 is 28.7 Å². The van der Waals surface area contributed by atoms with Gasteiger partial charge in [-0.3, -0.25) is 0 Å². The number of ether oxygens (including phenoxy) is 3. The van der Waals surface area contributed by atoms with Crippen LogP contribution < -0.4 is 5.32 Å². The molecule has 0 radical (unpaired) electrons. The van der Waals surface area contributed by atoms with E-state index in [1.807, 2.05) is 24.3 Å². The molecule has 0 aliphatic rings. The highest BCUT2D eigenvalue weighted by Gasteiger charge is 2.28. The molecule has 0 spiro atoms. The van der Waals surface area contributed by atoms with Gasteiger partial charge in [-0.2, -0.15) is 0 Å². The first kappa shape index (κ1) is 19.2. The molecule has 0 aliphatic heterocycles. The third-order valence-electron chi connectivity index (χ3n) is 3.22. The zero-order chi connectivity index (χ0) is 16.4. The van der Waals surface area contributed by atoms with Crippen LogP contribution in [0.15, 0.2) is 24.3 Å². The molecule has 0 unspecified atom stereocenters. The summed E-state index contributed by atoms with van der Waals surface area (Å²) in [6, 6.07) is 7.93. The molecular weight excluding hydrogens is 397 g/mol. The van der Waals surface area contributed by atoms with Crippen LogP contribution in [0.25, 0.3) is 0 Å². The van der Waals surface area contributed by atoms with Crippen LogP contribution in [-0.2, 0) is 14.2 Å². The van der Waals surface area contributed by atoms with E-state index in [4.69, 9.17) is 14.2 Å². The van der Waals surface area contributed by atoms with E-state index in [-0.39, 0.29) is 19.0 Å². The Balaban J connectivity index is 3.01. The highest BCUT2D eigenvalue weighted by molar-refractivity contribution is 14.1. The van der Waals surface area contributed by atoms with Crippen LogP contribution in [0, 0.1) is 3.57 Å². The van der Waals surface area contributed by atoms with Crippen LogP contribution >= 0.6 is 22.6 Å². The van der Waals surface area contributed by atoms with Crippen molar-refractivity contribution in [1.29, 1.82) is 0 Å². The average molecular weight is 421 g/mol. The third kappa shape index (κ3) is 6.10. The van der Waals surface area contributed by atoms with Crippen LogP contribution in [0.2, 0.25) is 0 Å². The molecule has 0 saturated carbocycles. The Morgan fingerprint density at radius 1 is 1.36 bits per heavy atom. The van der Waals surface area contributed by atoms with Crippen LogP contribution in [0.4, 0.5) is 4.79 Å². The molecule has 124 valence electrons. The lowest BCUT2D eigenvalue weighted by Crippen LogP contribution is -2.32. The van der Waals surface area contributed by atoms with Crippen molar-refractivity contribution in [3.63, 3.8) is 0 Å². The number of carbonyl (C=O) groups excluding carboxylic acids is 1. The van der Waals surface area contributed by atoms with Gasteiger partial charge >= 0.3 is 6.09 Å². The molecular formula is C16H24INO4. The second kappa shape index (κ2) is 10.8. The topological polar surface area (TPSA) is 56.8 Å². The number of methoxy groups -OCH3 is 1. The van der Waals surface area contributed by atoms with Gasteiger partial charge in [0.05, 0.1) is 0 Å². The molecule has 6 heteroatoms. The first-order valence-corrected chi connectivity index (χ1v) is 8.45. The number of amides is 1. The first-order valence-electron chi connectivity index (χ1n) is 7.37. The van der Waals surface area contributed by atoms with Gasteiger partial charge in [0, 0.05) is 17.7 Å². The Morgan fingerprint density at radius 2 is 2.09 bits per heavy atom. The van der Waals surface area contributed by atoms with Crippen molar-refractivity contribution < 1.29 is 19.0 Å². The van der Waals surface area contributed by atoms with E-state index >= 15 is 0 Å². The normalized spacial score (nSPS) is 13.5. The van der Waals surface area contributed by atoms with Crippen molar-refractivity contribution in [2.24, 2.45) is 0 Å². The smallest absolute Gasteiger partial charge is 0.407 e. The van der Waals surface area contributed by atoms with Crippen LogP contribution in [0.1, 0.15) is 37.9 Å². The van der Waals surface area contributed by atoms with Gasteiger partial charge < -0.3 is 19.5 Å². The summed E-state index contributed by atoms with van der Waals surface area (Å²) >= 11 is 2.26. The fourth-order valence-corrected chi connectivity index (χ4v) is 2.81. The van der Waals surface area contributed by atoms with E-state index in [1.165, 1.54) is 0 Å². The van der Waals surface area contributed by atoms with Crippen LogP contribution in [0.5, 0.6) is 0 Å². The van der Waals surface area contributed by atoms with Gasteiger partial charge in [0.25, 0.3) is 0 Å². The summed E-state index contributed by atoms with van der Waals surface area (Å²) in [5.41, 5.74) is 1.00. The molecule has 0 heterocycles. The van der Waals surface area contributed by atoms with Crippen LogP contribution in [-0.4, -0.2) is 33.1 Å². The number of alkyl carbamates (subject to hydrolysis) is 1. The summed E-state index contributed by atoms with van der Waals surface area (Å²) in [7, 11) is 3.13. The fourth-order valence-electron chi connectivity index (χ4n) is 2.12. The fraction of sp³-hybridized carbons (Fsp3) is 0.562. The van der Waals surface area contributed by atoms with Crippen molar-refractivity contribution in [3.05, 3.63) is 33.4 Å². The monoisotopic (exact) mass is 421 g/mol. The number of benzene rings is 1. The van der Waals surface area contributed by atoms with Gasteiger partial charge in [0.15, 0.2) is 0 Å². The number of halogens is 1. The Kier molecular flexibility index (Phi) is 9.42. The minimum Gasteiger partial charge on any atom is -0.443 e. The zero-order valence-electron chi connectivity index (χ0n) is 13.3. The average Bonchev–Trinajstić information content (AvgIpc) is 2.53. The van der Waals surface area contributed by atoms with Gasteiger partial charge in [0.1, 0.15) is 19.0 Å². The molecule has 0 aliphatic carbocycles. The van der Waals surface area contributed by atoms with Gasteiger partial charge in [-0.1, -0.05) is 31.5 Å². The van der Waals surface area contributed by atoms with Gasteiger partial charge in [-0.25, -0.2) is 4.79 Å². The van der Waals surface area contributed by atoms with E-state index in [0.717, 1.165) is 28.4 Å². The molecule has 0 saturated heterocycles. The summed E-state index contributed by atoms with van der Waals surface area (Å²) < 4.78 is 17.5. The maximum Gasteiger partial charge on any atom is 0.407 e. The number of rotatable bonds is 9. The summed E-state index contributed by atoms with van der Waals surface area (Å²) in [6.07, 6.45) is 1.57. The van der Waals surface area contributed by atoms with E-state index < -0.39 is 6.09 Å². The largest absolute Gasteiger partial charge is 0.443 e. The molecule has 2 atom stereocenters. The zero-order valence-corrected chi connectivity index (χ0v) is 15.5. The summed E-state index contributed by atoms with van der Waals surface area (Å²) in [5, 5.41) is 2.50. The number of unbranched alkanes of at least 4 members (excludes halogenated alkanes) is 1. The Labute approximate surface area is 145 Å². The maximum atomic E-state index is 11.7. The molecule has 22 heavy (non-hydrogen) atoms. The lowest BCUT2D eigenvalue weighted by atomic mass is 10.00. The lowest BCUT2D eigenvalue weighted by molar-refractivity contribution is -0.118. The van der Waals surface area contributed by atoms with Crippen molar-refractivity contribution in [3.8, 4) is 0 Å². The second-order valence-corrected chi connectivity index (χ2v) is 6.01. The van der Waals surface area contributed by atoms with E-state index in [2.05, 4.69) is 34.8 Å². The van der Waals surface area contributed by atoms with Crippen molar-refractivity contribution in [2.75, 3.05) is 21.0 Å². The predicted molar refractivity (Wildman–Crippen MR) is 93.7 cm³/mol. The Morgan fingerprint density at radius 3 is 2.68 bits per heavy atom.